The van der Waals surface area contributed by atoms with Crippen LogP contribution >= 0.6 is 0 Å². The lowest BCUT2D eigenvalue weighted by atomic mass is 10.2. The lowest BCUT2D eigenvalue weighted by Gasteiger charge is -2.39. The van der Waals surface area contributed by atoms with Crippen LogP contribution in [0.2, 0.25) is 31.4 Å². The van der Waals surface area contributed by atoms with Crippen LogP contribution in [0.25, 0.3) is 0 Å². The fraction of sp³-hybridized carbons (Fsp3) is 1.00. The molecule has 0 aromatic rings. The van der Waals surface area contributed by atoms with E-state index in [1.807, 2.05) is 14.2 Å². The second-order valence-electron chi connectivity index (χ2n) is 5.66. The minimum Gasteiger partial charge on any atom is -0.420 e. The molecule has 0 N–H and O–H groups in total. The van der Waals surface area contributed by atoms with Crippen LogP contribution in [0, 0.1) is 0 Å². The number of hydrogen-bond acceptors (Lipinski definition) is 2. The second kappa shape index (κ2) is 6.94. The van der Waals surface area contributed by atoms with Crippen molar-refractivity contribution in [1.29, 1.82) is 0 Å². The molecule has 0 spiro atoms. The van der Waals surface area contributed by atoms with Gasteiger partial charge < -0.3 is 8.85 Å². The second-order valence-corrected chi connectivity index (χ2v) is 14.9. The van der Waals surface area contributed by atoms with Gasteiger partial charge in [0, 0.05) is 14.2 Å². The predicted octanol–water partition coefficient (Wildman–Crippen LogP) is 4.18. The smallest absolute Gasteiger partial charge is 0.188 e. The quantitative estimate of drug-likeness (QED) is 0.482. The summed E-state index contributed by atoms with van der Waals surface area (Å²) in [4.78, 5) is 0. The monoisotopic (exact) mass is 262 g/mol. The predicted molar refractivity (Wildman–Crippen MR) is 76.9 cm³/mol. The van der Waals surface area contributed by atoms with Gasteiger partial charge in [-0.2, -0.15) is 0 Å². The Hall–Kier alpha value is 0.354. The Morgan fingerprint density at radius 3 is 1.62 bits per heavy atom. The summed E-state index contributed by atoms with van der Waals surface area (Å²) in [5.41, 5.74) is 0. The molecule has 0 aromatic heterocycles. The molecule has 0 aromatic carbocycles. The van der Waals surface area contributed by atoms with Crippen LogP contribution in [0.4, 0.5) is 0 Å². The van der Waals surface area contributed by atoms with E-state index < -0.39 is 16.6 Å². The van der Waals surface area contributed by atoms with Crippen molar-refractivity contribution in [2.24, 2.45) is 0 Å². The van der Waals surface area contributed by atoms with Crippen molar-refractivity contribution in [1.82, 2.24) is 0 Å². The minimum absolute atomic E-state index is 0.696. The fourth-order valence-electron chi connectivity index (χ4n) is 2.42. The summed E-state index contributed by atoms with van der Waals surface area (Å²) in [6.45, 7) is 11.6. The third-order valence-electron chi connectivity index (χ3n) is 3.83. The van der Waals surface area contributed by atoms with E-state index in [4.69, 9.17) is 8.85 Å². The zero-order chi connectivity index (χ0) is 12.8. The van der Waals surface area contributed by atoms with Crippen LogP contribution in [0.15, 0.2) is 0 Å². The van der Waals surface area contributed by atoms with E-state index in [1.165, 1.54) is 25.7 Å². The van der Waals surface area contributed by atoms with Crippen molar-refractivity contribution in [3.63, 3.8) is 0 Å². The number of rotatable bonds is 8. The van der Waals surface area contributed by atoms with E-state index in [9.17, 15) is 0 Å². The maximum atomic E-state index is 5.81. The average Bonchev–Trinajstić information content (AvgIpc) is 2.23. The number of hydrogen-bond donors (Lipinski definition) is 0. The van der Waals surface area contributed by atoms with E-state index in [1.54, 1.807) is 0 Å². The van der Waals surface area contributed by atoms with E-state index in [0.29, 0.717) is 5.16 Å². The van der Waals surface area contributed by atoms with Crippen molar-refractivity contribution >= 4 is 16.6 Å². The zero-order valence-corrected chi connectivity index (χ0v) is 14.2. The van der Waals surface area contributed by atoms with Gasteiger partial charge in [0.25, 0.3) is 0 Å². The molecule has 98 valence electrons. The average molecular weight is 263 g/mol. The molecule has 0 heterocycles. The molecule has 0 aliphatic heterocycles. The van der Waals surface area contributed by atoms with Gasteiger partial charge in [0.05, 0.1) is 0 Å². The molecule has 2 nitrogen and oxygen atoms in total. The molecule has 0 saturated carbocycles. The van der Waals surface area contributed by atoms with Crippen molar-refractivity contribution in [2.45, 2.75) is 64.0 Å². The summed E-state index contributed by atoms with van der Waals surface area (Å²) >= 11 is 0. The Morgan fingerprint density at radius 2 is 1.31 bits per heavy atom. The van der Waals surface area contributed by atoms with Crippen LogP contribution in [0.3, 0.4) is 0 Å². The van der Waals surface area contributed by atoms with E-state index in [2.05, 4.69) is 33.1 Å². The Balaban J connectivity index is 4.64. The first-order valence-electron chi connectivity index (χ1n) is 6.42. The van der Waals surface area contributed by atoms with Crippen molar-refractivity contribution in [3.05, 3.63) is 0 Å². The third-order valence-corrected chi connectivity index (χ3v) is 14.0. The first-order valence-corrected chi connectivity index (χ1v) is 12.4. The molecule has 16 heavy (non-hydrogen) atoms. The van der Waals surface area contributed by atoms with Gasteiger partial charge in [-0.15, -0.1) is 0 Å². The summed E-state index contributed by atoms with van der Waals surface area (Å²) in [6, 6.07) is 0. The highest BCUT2D eigenvalue weighted by Gasteiger charge is 2.44. The van der Waals surface area contributed by atoms with Gasteiger partial charge in [-0.1, -0.05) is 32.6 Å². The maximum absolute atomic E-state index is 5.81. The molecule has 0 aliphatic rings. The highest BCUT2D eigenvalue weighted by Crippen LogP contribution is 2.37. The van der Waals surface area contributed by atoms with Crippen molar-refractivity contribution in [3.8, 4) is 0 Å². The molecule has 4 heteroatoms. The highest BCUT2D eigenvalue weighted by molar-refractivity contribution is 6.91. The van der Waals surface area contributed by atoms with Crippen molar-refractivity contribution < 1.29 is 8.85 Å². The fourth-order valence-corrected chi connectivity index (χ4v) is 12.2. The Kier molecular flexibility index (Phi) is 7.09. The van der Waals surface area contributed by atoms with Crippen LogP contribution < -0.4 is 0 Å². The normalized spacial score (nSPS) is 13.5. The van der Waals surface area contributed by atoms with Gasteiger partial charge in [-0.3, -0.25) is 0 Å². The topological polar surface area (TPSA) is 18.5 Å². The van der Waals surface area contributed by atoms with Crippen LogP contribution in [-0.2, 0) is 8.85 Å². The minimum atomic E-state index is -1.58. The molecule has 0 rings (SSSR count). The van der Waals surface area contributed by atoms with Gasteiger partial charge in [-0.05, 0) is 31.4 Å². The molecule has 0 amide bonds. The SMILES string of the molecule is CCCCCC([Si](C)(C)OC)[Si](C)(C)OC. The summed E-state index contributed by atoms with van der Waals surface area (Å²) < 4.78 is 11.6. The molecule has 0 aliphatic carbocycles. The standard InChI is InChI=1S/C12H30O2Si2/c1-8-9-10-11-12(15(4,5)13-2)16(6,7)14-3/h12H,8-11H2,1-7H3. The van der Waals surface area contributed by atoms with Crippen LogP contribution in [-0.4, -0.2) is 30.9 Å². The van der Waals surface area contributed by atoms with Crippen molar-refractivity contribution in [2.75, 3.05) is 14.2 Å². The molecule has 0 saturated heterocycles. The first kappa shape index (κ1) is 16.4. The molecular formula is C12H30O2Si2. The molecule has 0 bridgehead atoms. The summed E-state index contributed by atoms with van der Waals surface area (Å²) in [7, 11) is 0.596. The first-order chi connectivity index (χ1) is 7.31. The molecular weight excluding hydrogens is 232 g/mol. The maximum Gasteiger partial charge on any atom is 0.188 e. The van der Waals surface area contributed by atoms with E-state index >= 15 is 0 Å². The summed E-state index contributed by atoms with van der Waals surface area (Å²) in [5.74, 6) is 0. The number of unbranched alkanes of at least 4 members (excludes halogenated alkanes) is 2. The molecule has 0 fully saturated rings. The van der Waals surface area contributed by atoms with E-state index in [-0.39, 0.29) is 0 Å². The third kappa shape index (κ3) is 4.69. The Morgan fingerprint density at radius 1 is 0.875 bits per heavy atom. The summed E-state index contributed by atoms with van der Waals surface area (Å²) in [6.07, 6.45) is 5.23. The van der Waals surface area contributed by atoms with Gasteiger partial charge in [0.15, 0.2) is 16.6 Å². The van der Waals surface area contributed by atoms with Crippen LogP contribution in [0.5, 0.6) is 0 Å². The summed E-state index contributed by atoms with van der Waals surface area (Å²) in [5, 5.41) is 0.696. The molecule has 0 radical (unpaired) electrons. The zero-order valence-electron chi connectivity index (χ0n) is 12.2. The van der Waals surface area contributed by atoms with Gasteiger partial charge >= 0.3 is 0 Å². The Bertz CT molecular complexity index is 177. The lowest BCUT2D eigenvalue weighted by Crippen LogP contribution is -2.50. The van der Waals surface area contributed by atoms with Gasteiger partial charge in [0.1, 0.15) is 0 Å². The highest BCUT2D eigenvalue weighted by atomic mass is 28.4. The van der Waals surface area contributed by atoms with Gasteiger partial charge in [-0.25, -0.2) is 0 Å². The van der Waals surface area contributed by atoms with Gasteiger partial charge in [0.2, 0.25) is 0 Å². The largest absolute Gasteiger partial charge is 0.420 e. The molecule has 0 atom stereocenters. The molecule has 0 unspecified atom stereocenters. The Labute approximate surface area is 104 Å². The van der Waals surface area contributed by atoms with E-state index in [0.717, 1.165) is 0 Å². The van der Waals surface area contributed by atoms with Crippen LogP contribution in [0.1, 0.15) is 32.6 Å². The lowest BCUT2D eigenvalue weighted by molar-refractivity contribution is 0.366.